The molecule has 1 N–H and O–H groups in total. The molecule has 2 fully saturated rings. The van der Waals surface area contributed by atoms with E-state index in [1.807, 2.05) is 0 Å². The van der Waals surface area contributed by atoms with Crippen LogP contribution < -0.4 is 5.32 Å². The minimum atomic E-state index is 0.499. The van der Waals surface area contributed by atoms with E-state index < -0.39 is 0 Å². The summed E-state index contributed by atoms with van der Waals surface area (Å²) in [6, 6.07) is 0.784. The second-order valence-corrected chi connectivity index (χ2v) is 6.80. The van der Waals surface area contributed by atoms with Crippen LogP contribution in [0, 0.1) is 16.7 Å². The quantitative estimate of drug-likeness (QED) is 0.561. The van der Waals surface area contributed by atoms with E-state index in [1.165, 1.54) is 30.9 Å². The van der Waals surface area contributed by atoms with Gasteiger partial charge in [-0.25, -0.2) is 0 Å². The molecule has 1 saturated carbocycles. The summed E-state index contributed by atoms with van der Waals surface area (Å²) in [5.41, 5.74) is 1.03. The number of hydrogen-bond acceptors (Lipinski definition) is 1. The van der Waals surface area contributed by atoms with Crippen molar-refractivity contribution in [1.82, 2.24) is 5.32 Å². The van der Waals surface area contributed by atoms with Gasteiger partial charge in [0.25, 0.3) is 0 Å². The molecule has 0 radical (unpaired) electrons. The second-order valence-electron chi connectivity index (χ2n) is 6.80. The molecule has 86 valence electrons. The molecule has 16 heavy (non-hydrogen) atoms. The summed E-state index contributed by atoms with van der Waals surface area (Å²) in [7, 11) is 0. The van der Waals surface area contributed by atoms with Crippen LogP contribution in [0.4, 0.5) is 0 Å². The van der Waals surface area contributed by atoms with Crippen molar-refractivity contribution in [3.05, 3.63) is 12.2 Å². The third-order valence-corrected chi connectivity index (χ3v) is 4.84. The van der Waals surface area contributed by atoms with E-state index in [9.17, 15) is 0 Å². The number of nitrogens with one attached hydrogen (secondary N) is 1. The predicted molar refractivity (Wildman–Crippen MR) is 70.7 cm³/mol. The normalized spacial score (nSPS) is 41.8. The molecule has 3 unspecified atom stereocenters. The van der Waals surface area contributed by atoms with E-state index >= 15 is 0 Å². The molecule has 2 bridgehead atoms. The third kappa shape index (κ3) is 2.28. The van der Waals surface area contributed by atoms with Gasteiger partial charge in [0.1, 0.15) is 0 Å². The molecule has 0 amide bonds. The van der Waals surface area contributed by atoms with Crippen LogP contribution in [0.5, 0.6) is 0 Å². The Labute approximate surface area is 110 Å². The second kappa shape index (κ2) is 4.52. The maximum absolute atomic E-state index is 3.71. The summed E-state index contributed by atoms with van der Waals surface area (Å²) in [6.07, 6.45) is 8.75. The van der Waals surface area contributed by atoms with Gasteiger partial charge < -0.3 is 0 Å². The van der Waals surface area contributed by atoms with Crippen molar-refractivity contribution in [3.8, 4) is 0 Å². The number of hydrogen-bond donors (Lipinski definition) is 1. The fourth-order valence-electron chi connectivity index (χ4n) is 4.22. The summed E-state index contributed by atoms with van der Waals surface area (Å²) in [6.45, 7) is 8.65. The molecule has 2 rings (SSSR count). The Hall–Kier alpha value is 0.297. The standard InChI is InChI=1S/C14H24N.Li/c1-5-6-7-12-13(2,3)8-11-9-14(12,4)10-15-11;/h5-6,11-12,15H,1,7-10H2,2-4H3;. The van der Waals surface area contributed by atoms with Gasteiger partial charge in [-0.3, -0.25) is 0 Å². The van der Waals surface area contributed by atoms with Gasteiger partial charge in [0, 0.05) is 0 Å². The van der Waals surface area contributed by atoms with Gasteiger partial charge in [-0.2, -0.15) is 0 Å². The summed E-state index contributed by atoms with van der Waals surface area (Å²) < 4.78 is 0. The Balaban J connectivity index is 2.14. The van der Waals surface area contributed by atoms with Gasteiger partial charge >= 0.3 is 110 Å². The van der Waals surface area contributed by atoms with Crippen LogP contribution >= 0.6 is 0 Å². The van der Waals surface area contributed by atoms with Crippen molar-refractivity contribution in [2.24, 2.45) is 16.7 Å². The molecule has 1 heterocycles. The van der Waals surface area contributed by atoms with Crippen molar-refractivity contribution in [2.75, 3.05) is 6.54 Å². The molecule has 0 aromatic heterocycles. The Morgan fingerprint density at radius 1 is 1.25 bits per heavy atom. The first-order valence-corrected chi connectivity index (χ1v) is 6.86. The summed E-state index contributed by atoms with van der Waals surface area (Å²) in [4.78, 5) is 0. The molecule has 1 aliphatic carbocycles. The SMILES string of the molecule is [Li][CH2]C=CCC1C(C)(C)CC2CC1(C)CN2. The van der Waals surface area contributed by atoms with Crippen molar-refractivity contribution >= 4 is 17.7 Å². The topological polar surface area (TPSA) is 12.0 Å². The summed E-state index contributed by atoms with van der Waals surface area (Å²) >= 11 is 2.22. The first kappa shape index (κ1) is 12.7. The number of allylic oxidation sites excluding steroid dienone is 2. The van der Waals surface area contributed by atoms with Gasteiger partial charge in [0.05, 0.1) is 0 Å². The molecule has 1 saturated heterocycles. The zero-order valence-corrected chi connectivity index (χ0v) is 11.3. The van der Waals surface area contributed by atoms with Crippen molar-refractivity contribution in [1.29, 1.82) is 0 Å². The Morgan fingerprint density at radius 2 is 2.00 bits per heavy atom. The monoisotopic (exact) mass is 213 g/mol. The van der Waals surface area contributed by atoms with Crippen LogP contribution in [-0.4, -0.2) is 30.3 Å². The van der Waals surface area contributed by atoms with Crippen LogP contribution in [0.2, 0.25) is 5.09 Å². The molecule has 0 spiro atoms. The molecule has 0 aromatic carbocycles. The van der Waals surface area contributed by atoms with Gasteiger partial charge in [-0.05, 0) is 0 Å². The van der Waals surface area contributed by atoms with Gasteiger partial charge in [0.2, 0.25) is 0 Å². The van der Waals surface area contributed by atoms with E-state index in [0.717, 1.165) is 12.0 Å². The van der Waals surface area contributed by atoms with E-state index in [4.69, 9.17) is 0 Å². The fraction of sp³-hybridized carbons (Fsp3) is 0.857. The average Bonchev–Trinajstić information content (AvgIpc) is 2.50. The molecule has 2 aliphatic rings. The zero-order valence-electron chi connectivity index (χ0n) is 11.3. The maximum atomic E-state index is 3.71. The summed E-state index contributed by atoms with van der Waals surface area (Å²) in [5.74, 6) is 0.842. The molecule has 2 heteroatoms. The third-order valence-electron chi connectivity index (χ3n) is 4.84. The van der Waals surface area contributed by atoms with Crippen LogP contribution in [0.15, 0.2) is 12.2 Å². The molecular weight excluding hydrogens is 189 g/mol. The van der Waals surface area contributed by atoms with E-state index in [2.05, 4.69) is 56.0 Å². The number of rotatable bonds is 3. The average molecular weight is 213 g/mol. The van der Waals surface area contributed by atoms with E-state index in [1.54, 1.807) is 0 Å². The van der Waals surface area contributed by atoms with Crippen LogP contribution in [0.25, 0.3) is 0 Å². The summed E-state index contributed by atoms with van der Waals surface area (Å²) in [5, 5.41) is 4.88. The molecular formula is C14H24LiN. The molecule has 3 atom stereocenters. The number of fused-ring (bicyclic) bond motifs is 2. The molecule has 1 aliphatic heterocycles. The van der Waals surface area contributed by atoms with Crippen LogP contribution in [0.1, 0.15) is 40.0 Å². The van der Waals surface area contributed by atoms with E-state index in [-0.39, 0.29) is 0 Å². The first-order valence-electron chi connectivity index (χ1n) is 6.86. The van der Waals surface area contributed by atoms with Crippen molar-refractivity contribution < 1.29 is 0 Å². The zero-order chi connectivity index (χ0) is 11.8. The molecule has 0 aromatic rings. The predicted octanol–water partition coefficient (Wildman–Crippen LogP) is 2.93. The van der Waals surface area contributed by atoms with Crippen LogP contribution in [0.3, 0.4) is 0 Å². The Kier molecular flexibility index (Phi) is 3.60. The van der Waals surface area contributed by atoms with Gasteiger partial charge in [0.15, 0.2) is 0 Å². The fourth-order valence-corrected chi connectivity index (χ4v) is 4.22. The molecule has 1 nitrogen and oxygen atoms in total. The van der Waals surface area contributed by atoms with Crippen molar-refractivity contribution in [2.45, 2.75) is 51.2 Å². The Morgan fingerprint density at radius 3 is 2.69 bits per heavy atom. The van der Waals surface area contributed by atoms with Crippen molar-refractivity contribution in [3.63, 3.8) is 0 Å². The van der Waals surface area contributed by atoms with Gasteiger partial charge in [-0.15, -0.1) is 0 Å². The van der Waals surface area contributed by atoms with Crippen LogP contribution in [-0.2, 0) is 0 Å². The Bertz CT molecular complexity index is 284. The first-order chi connectivity index (χ1) is 7.48. The van der Waals surface area contributed by atoms with Gasteiger partial charge in [-0.1, -0.05) is 0 Å². The van der Waals surface area contributed by atoms with E-state index in [0.29, 0.717) is 10.8 Å². The minimum absolute atomic E-state index is 0.499.